The van der Waals surface area contributed by atoms with Crippen LogP contribution in [0.3, 0.4) is 0 Å². The summed E-state index contributed by atoms with van der Waals surface area (Å²) in [7, 11) is 0. The Morgan fingerprint density at radius 3 is 2.42 bits per heavy atom. The Balaban J connectivity index is 1.55. The predicted octanol–water partition coefficient (Wildman–Crippen LogP) is 4.94. The van der Waals surface area contributed by atoms with Crippen molar-refractivity contribution in [3.63, 3.8) is 0 Å². The van der Waals surface area contributed by atoms with Crippen LogP contribution in [0, 0.1) is 0 Å². The molecule has 26 heavy (non-hydrogen) atoms. The summed E-state index contributed by atoms with van der Waals surface area (Å²) in [5.74, 6) is 0. The van der Waals surface area contributed by atoms with E-state index < -0.39 is 0 Å². The van der Waals surface area contributed by atoms with Crippen LogP contribution in [0.15, 0.2) is 88.7 Å². The van der Waals surface area contributed by atoms with Crippen LogP contribution in [0.25, 0.3) is 10.4 Å². The lowest BCUT2D eigenvalue weighted by atomic mass is 10.2. The second-order valence-electron chi connectivity index (χ2n) is 5.83. The molecular weight excluding hydrogens is 326 g/mol. The molecule has 0 aliphatic rings. The zero-order chi connectivity index (χ0) is 18.0. The van der Waals surface area contributed by atoms with Crippen molar-refractivity contribution in [2.45, 2.75) is 19.5 Å². The highest BCUT2D eigenvalue weighted by Gasteiger charge is 2.04. The van der Waals surface area contributed by atoms with Crippen LogP contribution >= 0.6 is 0 Å². The molecule has 0 saturated heterocycles. The van der Waals surface area contributed by atoms with Crippen LogP contribution in [0.5, 0.6) is 0 Å². The number of azo groups is 1. The molecule has 0 bridgehead atoms. The van der Waals surface area contributed by atoms with Gasteiger partial charge in [0.2, 0.25) is 6.33 Å². The standard InChI is InChI=1S/C19H20N7/c20-24-21-11-4-12-25-13-14-26(16-25)15-17-7-9-19(10-8-17)23-22-18-5-2-1-3-6-18/h1-3,5-10,13-14,16H,4,11-12,15H2/q+1. The van der Waals surface area contributed by atoms with Gasteiger partial charge in [0.15, 0.2) is 0 Å². The minimum Gasteiger partial charge on any atom is -0.237 e. The average Bonchev–Trinajstić information content (AvgIpc) is 3.13. The smallest absolute Gasteiger partial charge is 0.237 e. The first-order valence-corrected chi connectivity index (χ1v) is 8.45. The number of aromatic nitrogens is 2. The van der Waals surface area contributed by atoms with E-state index in [2.05, 4.69) is 47.8 Å². The van der Waals surface area contributed by atoms with Crippen molar-refractivity contribution in [2.75, 3.05) is 6.54 Å². The number of aryl methyl sites for hydroxylation is 1. The Morgan fingerprint density at radius 1 is 0.962 bits per heavy atom. The summed E-state index contributed by atoms with van der Waals surface area (Å²) >= 11 is 0. The Labute approximate surface area is 151 Å². The molecule has 0 aliphatic carbocycles. The van der Waals surface area contributed by atoms with Gasteiger partial charge in [-0.05, 0) is 41.8 Å². The summed E-state index contributed by atoms with van der Waals surface area (Å²) in [5, 5.41) is 12.0. The second kappa shape index (κ2) is 9.15. The Bertz CT molecular complexity index is 891. The van der Waals surface area contributed by atoms with Crippen LogP contribution < -0.4 is 4.57 Å². The summed E-state index contributed by atoms with van der Waals surface area (Å²) in [6.07, 6.45) is 6.95. The summed E-state index contributed by atoms with van der Waals surface area (Å²) in [5.41, 5.74) is 11.1. The number of hydrogen-bond acceptors (Lipinski definition) is 3. The molecule has 2 aromatic carbocycles. The molecule has 0 radical (unpaired) electrons. The maximum absolute atomic E-state index is 8.28. The highest BCUT2D eigenvalue weighted by Crippen LogP contribution is 2.18. The van der Waals surface area contributed by atoms with Crippen LogP contribution in [0.1, 0.15) is 12.0 Å². The first-order valence-electron chi connectivity index (χ1n) is 8.45. The molecule has 0 spiro atoms. The summed E-state index contributed by atoms with van der Waals surface area (Å²) < 4.78 is 4.21. The monoisotopic (exact) mass is 346 g/mol. The molecule has 0 fully saturated rings. The minimum absolute atomic E-state index is 0.522. The van der Waals surface area contributed by atoms with Crippen molar-refractivity contribution < 1.29 is 4.57 Å². The van der Waals surface area contributed by atoms with E-state index in [4.69, 9.17) is 5.53 Å². The molecule has 0 atom stereocenters. The third kappa shape index (κ3) is 5.29. The molecule has 0 unspecified atom stereocenters. The van der Waals surface area contributed by atoms with Crippen LogP contribution in [-0.4, -0.2) is 11.1 Å². The number of azide groups is 1. The van der Waals surface area contributed by atoms with E-state index in [0.29, 0.717) is 6.54 Å². The second-order valence-corrected chi connectivity index (χ2v) is 5.83. The fourth-order valence-electron chi connectivity index (χ4n) is 2.52. The van der Waals surface area contributed by atoms with E-state index in [9.17, 15) is 0 Å². The first kappa shape index (κ1) is 17.4. The molecule has 0 N–H and O–H groups in total. The van der Waals surface area contributed by atoms with Gasteiger partial charge in [0.25, 0.3) is 0 Å². The molecule has 1 aromatic heterocycles. The third-order valence-corrected chi connectivity index (χ3v) is 3.82. The van der Waals surface area contributed by atoms with Gasteiger partial charge in [-0.1, -0.05) is 35.4 Å². The Morgan fingerprint density at radius 2 is 1.69 bits per heavy atom. The van der Waals surface area contributed by atoms with Gasteiger partial charge in [-0.3, -0.25) is 0 Å². The molecule has 0 saturated carbocycles. The normalized spacial score (nSPS) is 10.8. The first-order chi connectivity index (χ1) is 12.8. The third-order valence-electron chi connectivity index (χ3n) is 3.82. The van der Waals surface area contributed by atoms with Gasteiger partial charge in [0.1, 0.15) is 18.9 Å². The Kier molecular flexibility index (Phi) is 6.12. The number of nitrogens with zero attached hydrogens (tertiary/aromatic N) is 7. The van der Waals surface area contributed by atoms with E-state index in [-0.39, 0.29) is 0 Å². The topological polar surface area (TPSA) is 82.3 Å². The number of hydrogen-bond donors (Lipinski definition) is 0. The molecule has 0 aliphatic heterocycles. The molecule has 3 aromatic rings. The van der Waals surface area contributed by atoms with Crippen LogP contribution in [0.4, 0.5) is 11.4 Å². The summed E-state index contributed by atoms with van der Waals surface area (Å²) in [6, 6.07) is 17.8. The van der Waals surface area contributed by atoms with Gasteiger partial charge in [0, 0.05) is 11.5 Å². The van der Waals surface area contributed by atoms with Crippen molar-refractivity contribution >= 4 is 11.4 Å². The number of rotatable bonds is 8. The maximum atomic E-state index is 8.28. The summed E-state index contributed by atoms with van der Waals surface area (Å²) in [6.45, 7) is 2.15. The van der Waals surface area contributed by atoms with Gasteiger partial charge in [-0.25, -0.2) is 9.13 Å². The lowest BCUT2D eigenvalue weighted by Crippen LogP contribution is -2.31. The highest BCUT2D eigenvalue weighted by atomic mass is 15.1. The van der Waals surface area contributed by atoms with Gasteiger partial charge in [-0.2, -0.15) is 10.2 Å². The molecule has 7 heteroatoms. The molecule has 0 amide bonds. The number of benzene rings is 2. The van der Waals surface area contributed by atoms with E-state index in [0.717, 1.165) is 30.9 Å². The average molecular weight is 346 g/mol. The van der Waals surface area contributed by atoms with Crippen molar-refractivity contribution in [2.24, 2.45) is 15.3 Å². The highest BCUT2D eigenvalue weighted by molar-refractivity contribution is 5.40. The minimum atomic E-state index is 0.522. The quantitative estimate of drug-likeness (QED) is 0.182. The molecular formula is C19H20N7+. The van der Waals surface area contributed by atoms with E-state index >= 15 is 0 Å². The molecule has 1 heterocycles. The largest absolute Gasteiger partial charge is 0.244 e. The summed E-state index contributed by atoms with van der Waals surface area (Å²) in [4.78, 5) is 2.76. The van der Waals surface area contributed by atoms with Crippen molar-refractivity contribution in [1.82, 2.24) is 4.57 Å². The molecule has 130 valence electrons. The van der Waals surface area contributed by atoms with Gasteiger partial charge in [-0.15, -0.1) is 0 Å². The van der Waals surface area contributed by atoms with Gasteiger partial charge in [0.05, 0.1) is 17.9 Å². The van der Waals surface area contributed by atoms with Crippen LogP contribution in [0.2, 0.25) is 0 Å². The number of imidazole rings is 1. The van der Waals surface area contributed by atoms with Crippen LogP contribution in [-0.2, 0) is 13.1 Å². The van der Waals surface area contributed by atoms with Gasteiger partial charge < -0.3 is 0 Å². The van der Waals surface area contributed by atoms with Crippen molar-refractivity contribution in [1.29, 1.82) is 0 Å². The SMILES string of the molecule is [N-]=[N+]=NCCCn1cc[n+](Cc2ccc(N=Nc3ccccc3)cc2)c1. The molecule has 7 nitrogen and oxygen atoms in total. The fourth-order valence-corrected chi connectivity index (χ4v) is 2.52. The maximum Gasteiger partial charge on any atom is 0.244 e. The zero-order valence-corrected chi connectivity index (χ0v) is 14.4. The van der Waals surface area contributed by atoms with E-state index in [1.165, 1.54) is 5.56 Å². The van der Waals surface area contributed by atoms with Crippen molar-refractivity contribution in [3.05, 3.63) is 89.3 Å². The van der Waals surface area contributed by atoms with E-state index in [1.807, 2.05) is 54.9 Å². The predicted molar refractivity (Wildman–Crippen MR) is 99.4 cm³/mol. The lowest BCUT2D eigenvalue weighted by molar-refractivity contribution is -0.687. The Hall–Kier alpha value is -3.44. The van der Waals surface area contributed by atoms with Gasteiger partial charge >= 0.3 is 0 Å². The fraction of sp³-hybridized carbons (Fsp3) is 0.211. The van der Waals surface area contributed by atoms with Crippen molar-refractivity contribution in [3.8, 4) is 0 Å². The van der Waals surface area contributed by atoms with E-state index in [1.54, 1.807) is 0 Å². The lowest BCUT2D eigenvalue weighted by Gasteiger charge is -1.99. The molecule has 3 rings (SSSR count). The zero-order valence-electron chi connectivity index (χ0n) is 14.4.